The summed E-state index contributed by atoms with van der Waals surface area (Å²) in [6.45, 7) is 3.57. The van der Waals surface area contributed by atoms with Gasteiger partial charge in [-0.15, -0.1) is 0 Å². The van der Waals surface area contributed by atoms with Crippen LogP contribution in [0.1, 0.15) is 31.2 Å². The molecule has 1 amide bonds. The summed E-state index contributed by atoms with van der Waals surface area (Å²) in [7, 11) is 0. The Morgan fingerprint density at radius 1 is 1.12 bits per heavy atom. The van der Waals surface area contributed by atoms with E-state index in [1.165, 1.54) is 17.7 Å². The molecule has 0 unspecified atom stereocenters. The highest BCUT2D eigenvalue weighted by atomic mass is 19.1. The Kier molecular flexibility index (Phi) is 5.85. The number of aliphatic hydroxyl groups excluding tert-OH is 1. The number of β-amino-alcohol motifs (C(OH)–C–C–N with tert-alkyl or cyclic N) is 1. The first-order valence-corrected chi connectivity index (χ1v) is 9.03. The van der Waals surface area contributed by atoms with E-state index in [0.717, 1.165) is 51.7 Å². The standard InChI is InChI=1S/C19H27FN2O2/c20-17-5-3-15(4-6-17)12-16-7-10-22(11-8-16)19(24)14-21-9-1-2-18(23)13-21/h3-6,16,18,23H,1-2,7-14H2/t18-/m1/s1. The van der Waals surface area contributed by atoms with Crippen molar-refractivity contribution in [1.82, 2.24) is 9.80 Å². The Hall–Kier alpha value is -1.46. The zero-order valence-electron chi connectivity index (χ0n) is 14.2. The van der Waals surface area contributed by atoms with Crippen molar-refractivity contribution in [3.63, 3.8) is 0 Å². The Morgan fingerprint density at radius 2 is 1.83 bits per heavy atom. The van der Waals surface area contributed by atoms with E-state index in [0.29, 0.717) is 19.0 Å². The SMILES string of the molecule is O=C(CN1CCC[C@@H](O)C1)N1CCC(Cc2ccc(F)cc2)CC1. The summed E-state index contributed by atoms with van der Waals surface area (Å²) >= 11 is 0. The predicted molar refractivity (Wildman–Crippen MR) is 91.1 cm³/mol. The van der Waals surface area contributed by atoms with E-state index in [2.05, 4.69) is 4.90 Å². The van der Waals surface area contributed by atoms with Crippen molar-refractivity contribution < 1.29 is 14.3 Å². The lowest BCUT2D eigenvalue weighted by Crippen LogP contribution is -2.47. The second-order valence-corrected chi connectivity index (χ2v) is 7.19. The Morgan fingerprint density at radius 3 is 2.50 bits per heavy atom. The van der Waals surface area contributed by atoms with Crippen LogP contribution in [0.4, 0.5) is 4.39 Å². The van der Waals surface area contributed by atoms with Gasteiger partial charge in [0.15, 0.2) is 0 Å². The highest BCUT2D eigenvalue weighted by Crippen LogP contribution is 2.22. The van der Waals surface area contributed by atoms with E-state index >= 15 is 0 Å². The second-order valence-electron chi connectivity index (χ2n) is 7.19. The van der Waals surface area contributed by atoms with E-state index in [-0.39, 0.29) is 17.8 Å². The molecule has 5 heteroatoms. The Bertz CT molecular complexity index is 541. The van der Waals surface area contributed by atoms with Gasteiger partial charge in [0.05, 0.1) is 12.6 Å². The Labute approximate surface area is 143 Å². The minimum atomic E-state index is -0.284. The first kappa shape index (κ1) is 17.4. The molecule has 1 N–H and O–H groups in total. The molecular weight excluding hydrogens is 307 g/mol. The van der Waals surface area contributed by atoms with Crippen LogP contribution in [0.25, 0.3) is 0 Å². The third kappa shape index (κ3) is 4.77. The number of rotatable bonds is 4. The van der Waals surface area contributed by atoms with E-state index in [4.69, 9.17) is 0 Å². The molecule has 4 nitrogen and oxygen atoms in total. The first-order chi connectivity index (χ1) is 11.6. The fourth-order valence-electron chi connectivity index (χ4n) is 3.81. The average molecular weight is 334 g/mol. The number of aliphatic hydroxyl groups is 1. The number of carbonyl (C=O) groups excluding carboxylic acids is 1. The van der Waals surface area contributed by atoms with Crippen LogP contribution >= 0.6 is 0 Å². The van der Waals surface area contributed by atoms with Gasteiger partial charge in [0.25, 0.3) is 0 Å². The van der Waals surface area contributed by atoms with Gasteiger partial charge in [-0.05, 0) is 62.3 Å². The molecule has 2 fully saturated rings. The summed E-state index contributed by atoms with van der Waals surface area (Å²) in [6.07, 6.45) is 4.50. The van der Waals surface area contributed by atoms with Gasteiger partial charge in [-0.25, -0.2) is 4.39 Å². The van der Waals surface area contributed by atoms with Gasteiger partial charge < -0.3 is 10.0 Å². The third-order valence-corrected chi connectivity index (χ3v) is 5.24. The lowest BCUT2D eigenvalue weighted by molar-refractivity contribution is -0.134. The molecule has 0 bridgehead atoms. The topological polar surface area (TPSA) is 43.8 Å². The van der Waals surface area contributed by atoms with Gasteiger partial charge >= 0.3 is 0 Å². The lowest BCUT2D eigenvalue weighted by atomic mass is 9.90. The smallest absolute Gasteiger partial charge is 0.236 e. The average Bonchev–Trinajstić information content (AvgIpc) is 2.57. The fraction of sp³-hybridized carbons (Fsp3) is 0.632. The molecule has 132 valence electrons. The van der Waals surface area contributed by atoms with Crippen molar-refractivity contribution in [2.75, 3.05) is 32.7 Å². The van der Waals surface area contributed by atoms with Gasteiger partial charge in [0.2, 0.25) is 5.91 Å². The van der Waals surface area contributed by atoms with Crippen LogP contribution in [-0.4, -0.2) is 59.6 Å². The zero-order valence-corrected chi connectivity index (χ0v) is 14.2. The summed E-state index contributed by atoms with van der Waals surface area (Å²) in [5.74, 6) is 0.558. The molecule has 1 aromatic rings. The highest BCUT2D eigenvalue weighted by molar-refractivity contribution is 5.78. The van der Waals surface area contributed by atoms with E-state index in [1.807, 2.05) is 17.0 Å². The van der Waals surface area contributed by atoms with Crippen LogP contribution in [-0.2, 0) is 11.2 Å². The number of piperidine rings is 2. The molecule has 1 atom stereocenters. The van der Waals surface area contributed by atoms with Crippen LogP contribution in [0, 0.1) is 11.7 Å². The molecule has 2 heterocycles. The summed E-state index contributed by atoms with van der Waals surface area (Å²) in [5.41, 5.74) is 1.17. The van der Waals surface area contributed by atoms with Crippen molar-refractivity contribution in [3.05, 3.63) is 35.6 Å². The number of carbonyl (C=O) groups is 1. The summed E-state index contributed by atoms with van der Waals surface area (Å²) in [4.78, 5) is 16.5. The zero-order chi connectivity index (χ0) is 16.9. The van der Waals surface area contributed by atoms with Crippen LogP contribution in [0.15, 0.2) is 24.3 Å². The molecule has 2 aliphatic heterocycles. The van der Waals surface area contributed by atoms with Crippen LogP contribution in [0.3, 0.4) is 0 Å². The molecule has 24 heavy (non-hydrogen) atoms. The van der Waals surface area contributed by atoms with Crippen molar-refractivity contribution in [1.29, 1.82) is 0 Å². The van der Waals surface area contributed by atoms with E-state index < -0.39 is 0 Å². The van der Waals surface area contributed by atoms with Crippen molar-refractivity contribution in [3.8, 4) is 0 Å². The third-order valence-electron chi connectivity index (χ3n) is 5.24. The predicted octanol–water partition coefficient (Wildman–Crippen LogP) is 2.06. The maximum absolute atomic E-state index is 13.0. The maximum Gasteiger partial charge on any atom is 0.236 e. The monoisotopic (exact) mass is 334 g/mol. The Balaban J connectivity index is 1.42. The maximum atomic E-state index is 13.0. The minimum Gasteiger partial charge on any atom is -0.392 e. The summed E-state index contributed by atoms with van der Waals surface area (Å²) < 4.78 is 13.0. The van der Waals surface area contributed by atoms with Crippen molar-refractivity contribution in [2.24, 2.45) is 5.92 Å². The lowest BCUT2D eigenvalue weighted by Gasteiger charge is -2.35. The van der Waals surface area contributed by atoms with Crippen LogP contribution < -0.4 is 0 Å². The number of likely N-dealkylation sites (tertiary alicyclic amines) is 2. The molecule has 2 aliphatic rings. The molecule has 2 saturated heterocycles. The van der Waals surface area contributed by atoms with E-state index in [1.54, 1.807) is 0 Å². The van der Waals surface area contributed by atoms with Crippen molar-refractivity contribution in [2.45, 2.75) is 38.2 Å². The molecule has 1 aromatic carbocycles. The number of amides is 1. The van der Waals surface area contributed by atoms with Gasteiger partial charge in [-0.3, -0.25) is 9.69 Å². The summed E-state index contributed by atoms with van der Waals surface area (Å²) in [6, 6.07) is 6.74. The normalized spacial score (nSPS) is 23.4. The van der Waals surface area contributed by atoms with Gasteiger partial charge in [-0.2, -0.15) is 0 Å². The second kappa shape index (κ2) is 8.08. The van der Waals surface area contributed by atoms with Gasteiger partial charge in [0, 0.05) is 19.6 Å². The van der Waals surface area contributed by atoms with Gasteiger partial charge in [0.1, 0.15) is 5.82 Å². The number of nitrogens with zero attached hydrogens (tertiary/aromatic N) is 2. The highest BCUT2D eigenvalue weighted by Gasteiger charge is 2.26. The number of halogens is 1. The molecule has 3 rings (SSSR count). The molecule has 0 aromatic heterocycles. The quantitative estimate of drug-likeness (QED) is 0.917. The molecule has 0 spiro atoms. The van der Waals surface area contributed by atoms with Gasteiger partial charge in [-0.1, -0.05) is 12.1 Å². The van der Waals surface area contributed by atoms with E-state index in [9.17, 15) is 14.3 Å². The summed E-state index contributed by atoms with van der Waals surface area (Å²) in [5, 5.41) is 9.70. The van der Waals surface area contributed by atoms with Crippen LogP contribution in [0.2, 0.25) is 0 Å². The largest absolute Gasteiger partial charge is 0.392 e. The minimum absolute atomic E-state index is 0.185. The molecular formula is C19H27FN2O2. The number of hydrogen-bond acceptors (Lipinski definition) is 3. The fourth-order valence-corrected chi connectivity index (χ4v) is 3.81. The number of benzene rings is 1. The van der Waals surface area contributed by atoms with Crippen molar-refractivity contribution >= 4 is 5.91 Å². The first-order valence-electron chi connectivity index (χ1n) is 9.03. The number of hydrogen-bond donors (Lipinski definition) is 1. The van der Waals surface area contributed by atoms with Crippen LogP contribution in [0.5, 0.6) is 0 Å². The molecule has 0 saturated carbocycles. The molecule has 0 radical (unpaired) electrons. The molecule has 0 aliphatic carbocycles.